The average Bonchev–Trinajstić information content (AvgIpc) is 2.43. The van der Waals surface area contributed by atoms with Crippen LogP contribution in [0.2, 0.25) is 5.02 Å². The molecule has 0 fully saturated rings. The number of nitrogens with one attached hydrogen (secondary N) is 2. The molecule has 0 spiro atoms. The molecule has 0 radical (unpaired) electrons. The van der Waals surface area contributed by atoms with E-state index in [0.29, 0.717) is 12.7 Å². The molecule has 0 aliphatic heterocycles. The molecule has 1 heterocycles. The highest BCUT2D eigenvalue weighted by molar-refractivity contribution is 6.33. The fourth-order valence-electron chi connectivity index (χ4n) is 1.49. The molecule has 0 aliphatic rings. The number of rotatable bonds is 5. The summed E-state index contributed by atoms with van der Waals surface area (Å²) in [5, 5.41) is 5.18. The van der Waals surface area contributed by atoms with Crippen molar-refractivity contribution in [1.29, 1.82) is 0 Å². The van der Waals surface area contributed by atoms with Crippen LogP contribution in [0.25, 0.3) is 0 Å². The van der Waals surface area contributed by atoms with Crippen molar-refractivity contribution in [2.45, 2.75) is 6.92 Å². The minimum Gasteiger partial charge on any atom is -0.464 e. The van der Waals surface area contributed by atoms with Gasteiger partial charge in [0.25, 0.3) is 0 Å². The van der Waals surface area contributed by atoms with Gasteiger partial charge in [-0.1, -0.05) is 11.6 Å². The molecule has 0 saturated heterocycles. The first-order valence-corrected chi connectivity index (χ1v) is 6.39. The van der Waals surface area contributed by atoms with Crippen LogP contribution in [-0.2, 0) is 0 Å². The van der Waals surface area contributed by atoms with Gasteiger partial charge in [-0.15, -0.1) is 0 Å². The molecule has 0 bridgehead atoms. The Hall–Kier alpha value is -2.22. The predicted molar refractivity (Wildman–Crippen MR) is 75.2 cm³/mol. The van der Waals surface area contributed by atoms with E-state index < -0.39 is 11.6 Å². The van der Waals surface area contributed by atoms with Crippen LogP contribution in [0.5, 0.6) is 6.01 Å². The Kier molecular flexibility index (Phi) is 4.69. The van der Waals surface area contributed by atoms with E-state index in [1.807, 2.05) is 0 Å². The molecule has 21 heavy (non-hydrogen) atoms. The largest absolute Gasteiger partial charge is 0.464 e. The van der Waals surface area contributed by atoms with Crippen molar-refractivity contribution >= 4 is 29.2 Å². The highest BCUT2D eigenvalue weighted by atomic mass is 35.5. The maximum absolute atomic E-state index is 13.7. The van der Waals surface area contributed by atoms with Crippen LogP contribution in [0.3, 0.4) is 0 Å². The molecule has 6 nitrogen and oxygen atoms in total. The number of ether oxygens (including phenoxy) is 1. The average molecular weight is 316 g/mol. The van der Waals surface area contributed by atoms with Crippen molar-refractivity contribution in [3.05, 3.63) is 28.8 Å². The van der Waals surface area contributed by atoms with Crippen molar-refractivity contribution in [1.82, 2.24) is 15.0 Å². The topological polar surface area (TPSA) is 72.0 Å². The molecular weight excluding hydrogens is 304 g/mol. The third-order valence-corrected chi connectivity index (χ3v) is 2.65. The molecule has 1 aromatic heterocycles. The summed E-state index contributed by atoms with van der Waals surface area (Å²) in [6, 6.07) is 1.76. The summed E-state index contributed by atoms with van der Waals surface area (Å²) in [6.45, 7) is 2.13. The molecule has 2 aromatic rings. The fourth-order valence-corrected chi connectivity index (χ4v) is 1.73. The van der Waals surface area contributed by atoms with E-state index >= 15 is 0 Å². The van der Waals surface area contributed by atoms with Crippen LogP contribution in [0, 0.1) is 11.6 Å². The van der Waals surface area contributed by atoms with Gasteiger partial charge in [0.2, 0.25) is 11.9 Å². The summed E-state index contributed by atoms with van der Waals surface area (Å²) in [5.41, 5.74) is -0.131. The summed E-state index contributed by atoms with van der Waals surface area (Å²) >= 11 is 5.80. The number of halogens is 3. The van der Waals surface area contributed by atoms with Crippen molar-refractivity contribution in [2.75, 3.05) is 24.3 Å². The summed E-state index contributed by atoms with van der Waals surface area (Å²) < 4.78 is 31.9. The van der Waals surface area contributed by atoms with Gasteiger partial charge >= 0.3 is 6.01 Å². The number of benzene rings is 1. The highest BCUT2D eigenvalue weighted by Gasteiger charge is 2.13. The van der Waals surface area contributed by atoms with Gasteiger partial charge < -0.3 is 15.4 Å². The summed E-state index contributed by atoms with van der Waals surface area (Å²) in [6.07, 6.45) is 0. The third-order valence-electron chi connectivity index (χ3n) is 2.36. The molecule has 0 unspecified atom stereocenters. The lowest BCUT2D eigenvalue weighted by Crippen LogP contribution is -2.08. The molecule has 0 amide bonds. The minimum atomic E-state index is -0.857. The monoisotopic (exact) mass is 315 g/mol. The summed E-state index contributed by atoms with van der Waals surface area (Å²) in [7, 11) is 1.61. The zero-order chi connectivity index (χ0) is 15.4. The number of anilines is 3. The first kappa shape index (κ1) is 15.2. The van der Waals surface area contributed by atoms with Crippen molar-refractivity contribution < 1.29 is 13.5 Å². The second-order valence-electron chi connectivity index (χ2n) is 3.82. The van der Waals surface area contributed by atoms with E-state index in [1.54, 1.807) is 14.0 Å². The van der Waals surface area contributed by atoms with Gasteiger partial charge in [0.05, 0.1) is 17.3 Å². The summed E-state index contributed by atoms with van der Waals surface area (Å²) in [5.74, 6) is -1.38. The van der Waals surface area contributed by atoms with Crippen molar-refractivity contribution in [3.8, 4) is 6.01 Å². The second-order valence-corrected chi connectivity index (χ2v) is 4.22. The zero-order valence-electron chi connectivity index (χ0n) is 11.2. The third kappa shape index (κ3) is 3.66. The number of hydrogen-bond acceptors (Lipinski definition) is 6. The van der Waals surface area contributed by atoms with Crippen LogP contribution in [0.1, 0.15) is 6.92 Å². The molecule has 2 N–H and O–H groups in total. The lowest BCUT2D eigenvalue weighted by molar-refractivity contribution is 0.312. The summed E-state index contributed by atoms with van der Waals surface area (Å²) in [4.78, 5) is 11.9. The van der Waals surface area contributed by atoms with E-state index in [2.05, 4.69) is 25.6 Å². The molecule has 9 heteroatoms. The van der Waals surface area contributed by atoms with Gasteiger partial charge in [-0.25, -0.2) is 8.78 Å². The van der Waals surface area contributed by atoms with Crippen LogP contribution in [-0.4, -0.2) is 28.6 Å². The lowest BCUT2D eigenvalue weighted by Gasteiger charge is -2.10. The first-order chi connectivity index (χ1) is 10.0. The standard InChI is InChI=1S/C12H12ClF2N5O/c1-3-21-12-19-10(16-2)18-11(20-12)17-9-7(13)4-6(14)5-8(9)15/h4-5H,3H2,1-2H3,(H2,16,17,18,19,20). The lowest BCUT2D eigenvalue weighted by atomic mass is 10.3. The predicted octanol–water partition coefficient (Wildman–Crippen LogP) is 2.99. The van der Waals surface area contributed by atoms with Gasteiger partial charge in [-0.05, 0) is 13.0 Å². The van der Waals surface area contributed by atoms with Crippen molar-refractivity contribution in [2.24, 2.45) is 0 Å². The Morgan fingerprint density at radius 3 is 2.52 bits per heavy atom. The quantitative estimate of drug-likeness (QED) is 0.884. The number of hydrogen-bond donors (Lipinski definition) is 2. The normalized spacial score (nSPS) is 10.3. The van der Waals surface area contributed by atoms with E-state index in [4.69, 9.17) is 16.3 Å². The second kappa shape index (κ2) is 6.49. The van der Waals surface area contributed by atoms with E-state index in [9.17, 15) is 8.78 Å². The molecule has 112 valence electrons. The van der Waals surface area contributed by atoms with E-state index in [-0.39, 0.29) is 28.6 Å². The van der Waals surface area contributed by atoms with Crippen LogP contribution in [0.4, 0.5) is 26.4 Å². The SMILES string of the molecule is CCOc1nc(NC)nc(Nc2c(F)cc(F)cc2Cl)n1. The van der Waals surface area contributed by atoms with Gasteiger partial charge in [0.15, 0.2) is 5.82 Å². The molecule has 1 aromatic carbocycles. The molecule has 0 atom stereocenters. The maximum atomic E-state index is 13.7. The number of aromatic nitrogens is 3. The highest BCUT2D eigenvalue weighted by Crippen LogP contribution is 2.28. The zero-order valence-corrected chi connectivity index (χ0v) is 12.0. The Bertz CT molecular complexity index is 633. The Morgan fingerprint density at radius 2 is 1.90 bits per heavy atom. The van der Waals surface area contributed by atoms with Crippen LogP contribution >= 0.6 is 11.6 Å². The molecule has 2 rings (SSSR count). The molecule has 0 saturated carbocycles. The maximum Gasteiger partial charge on any atom is 0.323 e. The van der Waals surface area contributed by atoms with Crippen molar-refractivity contribution in [3.63, 3.8) is 0 Å². The van der Waals surface area contributed by atoms with Gasteiger partial charge in [-0.3, -0.25) is 0 Å². The minimum absolute atomic E-state index is 0.0187. The van der Waals surface area contributed by atoms with E-state index in [1.165, 1.54) is 0 Å². The Labute approximate surface area is 124 Å². The number of nitrogens with zero attached hydrogens (tertiary/aromatic N) is 3. The molecular formula is C12H12ClF2N5O. The van der Waals surface area contributed by atoms with Gasteiger partial charge in [0.1, 0.15) is 5.82 Å². The first-order valence-electron chi connectivity index (χ1n) is 6.01. The van der Waals surface area contributed by atoms with E-state index in [0.717, 1.165) is 6.07 Å². The van der Waals surface area contributed by atoms with Crippen LogP contribution < -0.4 is 15.4 Å². The Morgan fingerprint density at radius 1 is 1.19 bits per heavy atom. The smallest absolute Gasteiger partial charge is 0.323 e. The Balaban J connectivity index is 2.37. The fraction of sp³-hybridized carbons (Fsp3) is 0.250. The molecule has 0 aliphatic carbocycles. The van der Waals surface area contributed by atoms with Gasteiger partial charge in [-0.2, -0.15) is 15.0 Å². The van der Waals surface area contributed by atoms with Gasteiger partial charge in [0, 0.05) is 13.1 Å². The van der Waals surface area contributed by atoms with Crippen LogP contribution in [0.15, 0.2) is 12.1 Å².